The van der Waals surface area contributed by atoms with E-state index in [4.69, 9.17) is 14.1 Å². The Hall–Kier alpha value is -3.45. The van der Waals surface area contributed by atoms with Gasteiger partial charge in [0.25, 0.3) is 5.91 Å². The maximum atomic E-state index is 13.8. The van der Waals surface area contributed by atoms with Crippen molar-refractivity contribution < 1.29 is 18.7 Å². The number of aliphatic imine (C=N–C) groups is 1. The number of hydrogen-bond acceptors (Lipinski definition) is 5. The molecular formula is C30H31N3O4. The molecule has 0 N–H and O–H groups in total. The third kappa shape index (κ3) is 4.06. The number of amides is 2. The number of ether oxygens (including phenoxy) is 1. The van der Waals surface area contributed by atoms with Gasteiger partial charge in [-0.3, -0.25) is 19.5 Å². The zero-order valence-electron chi connectivity index (χ0n) is 20.9. The molecule has 1 spiro atoms. The van der Waals surface area contributed by atoms with Crippen molar-refractivity contribution >= 4 is 28.6 Å². The van der Waals surface area contributed by atoms with E-state index in [1.165, 1.54) is 0 Å². The van der Waals surface area contributed by atoms with Crippen molar-refractivity contribution in [1.29, 1.82) is 0 Å². The second-order valence-corrected chi connectivity index (χ2v) is 11.0. The summed E-state index contributed by atoms with van der Waals surface area (Å²) >= 11 is 0. The Morgan fingerprint density at radius 2 is 1.73 bits per heavy atom. The number of rotatable bonds is 5. The average Bonchev–Trinajstić information content (AvgIpc) is 3.40. The summed E-state index contributed by atoms with van der Waals surface area (Å²) in [6.45, 7) is 3.24. The van der Waals surface area contributed by atoms with E-state index in [2.05, 4.69) is 36.4 Å². The molecule has 2 saturated heterocycles. The van der Waals surface area contributed by atoms with Crippen LogP contribution in [0.3, 0.4) is 0 Å². The van der Waals surface area contributed by atoms with Gasteiger partial charge in [-0.05, 0) is 54.5 Å². The predicted octanol–water partition coefficient (Wildman–Crippen LogP) is 4.50. The van der Waals surface area contributed by atoms with Crippen LogP contribution in [0.2, 0.25) is 0 Å². The van der Waals surface area contributed by atoms with Crippen LogP contribution in [0, 0.1) is 11.8 Å². The molecule has 0 bridgehead atoms. The molecule has 7 nitrogen and oxygen atoms in total. The van der Waals surface area contributed by atoms with Crippen LogP contribution in [0.15, 0.2) is 64.2 Å². The molecule has 7 heteroatoms. The smallest absolute Gasteiger partial charge is 0.256 e. The van der Waals surface area contributed by atoms with E-state index in [-0.39, 0.29) is 17.7 Å². The van der Waals surface area contributed by atoms with Crippen molar-refractivity contribution in [3.63, 3.8) is 0 Å². The third-order valence-electron chi connectivity index (χ3n) is 8.43. The molecule has 3 aliphatic heterocycles. The van der Waals surface area contributed by atoms with Crippen molar-refractivity contribution in [2.75, 3.05) is 32.8 Å². The number of fused-ring (bicyclic) bond motifs is 1. The lowest BCUT2D eigenvalue weighted by atomic mass is 9.90. The van der Waals surface area contributed by atoms with Gasteiger partial charge in [-0.2, -0.15) is 0 Å². The van der Waals surface area contributed by atoms with E-state index < -0.39 is 5.54 Å². The standard InChI is InChI=1S/C30H31N3O4/c34-28(23-5-6-23)32-13-9-20(18-32)19-33-27(31-30(29(33)35)11-15-36-16-12-30)22-3-1-21(2-4-22)24-7-8-26-25(17-24)10-14-37-26/h1-4,7-8,10,14,17,20,23H,5-6,9,11-13,15-16,18-19H2/t20-/m1/s1. The maximum Gasteiger partial charge on any atom is 0.256 e. The van der Waals surface area contributed by atoms with Gasteiger partial charge in [0.2, 0.25) is 5.91 Å². The van der Waals surface area contributed by atoms with Crippen molar-refractivity contribution in [2.24, 2.45) is 16.8 Å². The van der Waals surface area contributed by atoms with Crippen LogP contribution in [-0.4, -0.2) is 65.8 Å². The van der Waals surface area contributed by atoms with E-state index >= 15 is 0 Å². The molecule has 7 rings (SSSR count). The molecule has 1 saturated carbocycles. The highest BCUT2D eigenvalue weighted by molar-refractivity contribution is 6.15. The Bertz CT molecular complexity index is 1380. The molecule has 3 aromatic rings. The minimum absolute atomic E-state index is 0.0901. The number of amidine groups is 1. The number of likely N-dealkylation sites (tertiary alicyclic amines) is 1. The molecule has 4 aliphatic rings. The van der Waals surface area contributed by atoms with E-state index in [9.17, 15) is 9.59 Å². The fourth-order valence-corrected chi connectivity index (χ4v) is 6.07. The van der Waals surface area contributed by atoms with E-state index in [1.54, 1.807) is 6.26 Å². The largest absolute Gasteiger partial charge is 0.464 e. The normalized spacial score (nSPS) is 23.3. The number of hydrogen-bond donors (Lipinski definition) is 0. The molecule has 0 unspecified atom stereocenters. The molecule has 37 heavy (non-hydrogen) atoms. The zero-order chi connectivity index (χ0) is 25.0. The lowest BCUT2D eigenvalue weighted by molar-refractivity contribution is -0.134. The highest BCUT2D eigenvalue weighted by atomic mass is 16.5. The third-order valence-corrected chi connectivity index (χ3v) is 8.43. The van der Waals surface area contributed by atoms with Crippen LogP contribution in [0.1, 0.15) is 37.7 Å². The molecule has 1 aromatic heterocycles. The predicted molar refractivity (Wildman–Crippen MR) is 140 cm³/mol. The number of benzene rings is 2. The summed E-state index contributed by atoms with van der Waals surface area (Å²) in [6.07, 6.45) is 5.92. The molecule has 4 heterocycles. The molecular weight excluding hydrogens is 466 g/mol. The van der Waals surface area contributed by atoms with Crippen LogP contribution >= 0.6 is 0 Å². The quantitative estimate of drug-likeness (QED) is 0.520. The number of nitrogens with zero attached hydrogens (tertiary/aromatic N) is 3. The fraction of sp³-hybridized carbons (Fsp3) is 0.433. The SMILES string of the molecule is O=C(C1CC1)N1CC[C@@H](CN2C(=O)C3(CCOCC3)N=C2c2ccc(-c3ccc4occc4c3)cc2)C1. The summed E-state index contributed by atoms with van der Waals surface area (Å²) in [7, 11) is 0. The first-order valence-electron chi connectivity index (χ1n) is 13.5. The lowest BCUT2D eigenvalue weighted by Gasteiger charge is -2.30. The summed E-state index contributed by atoms with van der Waals surface area (Å²) in [5, 5.41) is 1.07. The van der Waals surface area contributed by atoms with Gasteiger partial charge < -0.3 is 14.1 Å². The second-order valence-electron chi connectivity index (χ2n) is 11.0. The van der Waals surface area contributed by atoms with Gasteiger partial charge in [0.05, 0.1) is 6.26 Å². The molecule has 1 aliphatic carbocycles. The first kappa shape index (κ1) is 22.7. The van der Waals surface area contributed by atoms with Crippen molar-refractivity contribution in [3.8, 4) is 11.1 Å². The van der Waals surface area contributed by atoms with Crippen LogP contribution in [0.5, 0.6) is 0 Å². The van der Waals surface area contributed by atoms with Crippen molar-refractivity contribution in [1.82, 2.24) is 9.80 Å². The van der Waals surface area contributed by atoms with Crippen molar-refractivity contribution in [3.05, 3.63) is 60.4 Å². The van der Waals surface area contributed by atoms with Gasteiger partial charge in [-0.1, -0.05) is 30.3 Å². The Labute approximate surface area is 216 Å². The summed E-state index contributed by atoms with van der Waals surface area (Å²) < 4.78 is 11.1. The Morgan fingerprint density at radius 3 is 2.51 bits per heavy atom. The van der Waals surface area contributed by atoms with Gasteiger partial charge >= 0.3 is 0 Å². The fourth-order valence-electron chi connectivity index (χ4n) is 6.07. The molecule has 3 fully saturated rings. The average molecular weight is 498 g/mol. The maximum absolute atomic E-state index is 13.8. The second kappa shape index (κ2) is 8.84. The minimum Gasteiger partial charge on any atom is -0.464 e. The van der Waals surface area contributed by atoms with Crippen LogP contribution in [-0.2, 0) is 14.3 Å². The van der Waals surface area contributed by atoms with E-state index in [0.29, 0.717) is 38.5 Å². The van der Waals surface area contributed by atoms with Crippen LogP contribution in [0.25, 0.3) is 22.1 Å². The van der Waals surface area contributed by atoms with E-state index in [1.807, 2.05) is 21.9 Å². The number of furan rings is 1. The molecule has 2 amide bonds. The van der Waals surface area contributed by atoms with Crippen LogP contribution < -0.4 is 0 Å². The highest BCUT2D eigenvalue weighted by Crippen LogP contribution is 2.37. The first-order valence-corrected chi connectivity index (χ1v) is 13.5. The summed E-state index contributed by atoms with van der Waals surface area (Å²) in [4.78, 5) is 35.5. The van der Waals surface area contributed by atoms with Gasteiger partial charge in [0.1, 0.15) is 17.0 Å². The zero-order valence-corrected chi connectivity index (χ0v) is 20.9. The molecule has 0 radical (unpaired) electrons. The monoisotopic (exact) mass is 497 g/mol. The van der Waals surface area contributed by atoms with Gasteiger partial charge in [-0.15, -0.1) is 0 Å². The number of carbonyl (C=O) groups is 2. The Balaban J connectivity index is 1.16. The topological polar surface area (TPSA) is 75.4 Å². The molecule has 1 atom stereocenters. The molecule has 190 valence electrons. The first-order chi connectivity index (χ1) is 18.1. The van der Waals surface area contributed by atoms with Gasteiger partial charge in [0, 0.05) is 62.6 Å². The van der Waals surface area contributed by atoms with Crippen molar-refractivity contribution in [2.45, 2.75) is 37.6 Å². The summed E-state index contributed by atoms with van der Waals surface area (Å²) in [5.74, 6) is 1.66. The lowest BCUT2D eigenvalue weighted by Crippen LogP contribution is -2.47. The van der Waals surface area contributed by atoms with Gasteiger partial charge in [0.15, 0.2) is 0 Å². The Kier molecular flexibility index (Phi) is 5.43. The minimum atomic E-state index is -0.722. The highest BCUT2D eigenvalue weighted by Gasteiger charge is 2.50. The van der Waals surface area contributed by atoms with Crippen LogP contribution in [0.4, 0.5) is 0 Å². The Morgan fingerprint density at radius 1 is 0.973 bits per heavy atom. The summed E-state index contributed by atoms with van der Waals surface area (Å²) in [5.41, 5.74) is 3.33. The van der Waals surface area contributed by atoms with E-state index in [0.717, 1.165) is 65.8 Å². The summed E-state index contributed by atoms with van der Waals surface area (Å²) in [6, 6.07) is 16.5. The molecule has 2 aromatic carbocycles. The number of carbonyl (C=O) groups excluding carboxylic acids is 2. The van der Waals surface area contributed by atoms with Gasteiger partial charge in [-0.25, -0.2) is 0 Å².